The Balaban J connectivity index is 0.000000307. The molecule has 2 amide bonds. The summed E-state index contributed by atoms with van der Waals surface area (Å²) < 4.78 is 26.8. The zero-order chi connectivity index (χ0) is 42.4. The monoisotopic (exact) mass is 838 g/mol. The number of nitrogens with two attached hydrogens (primary N) is 1. The molecule has 3 N–H and O–H groups in total. The van der Waals surface area contributed by atoms with Crippen molar-refractivity contribution in [3.63, 3.8) is 0 Å². The average molecular weight is 840 g/mol. The van der Waals surface area contributed by atoms with Crippen molar-refractivity contribution in [2.45, 2.75) is 168 Å². The van der Waals surface area contributed by atoms with Crippen LogP contribution in [0.5, 0.6) is 0 Å². The van der Waals surface area contributed by atoms with Crippen LogP contribution < -0.4 is 10.5 Å². The number of halogens is 2. The highest BCUT2D eigenvalue weighted by atomic mass is 35.5. The molecule has 56 heavy (non-hydrogen) atoms. The van der Waals surface area contributed by atoms with Crippen LogP contribution >= 0.6 is 23.2 Å². The standard InChI is InChI=1S/C23H38ClN3O3S.C19H30ClN3O2/c1-21(2,3)30-20(28)27-15-16(13-23(27,7)8)9-11-19(26-31(29)22(4,5)6)18-12-10-17(24)14-25-18;1-18(2,3)25-17(24)23-12-13(10-19(23,4)5)6-8-15(21)16-9-7-14(20)11-22-16/h10,12,14,16,19,26H,9,11,13,15H2,1-8H3;7,9,11,13,15H,6,8,10,12,21H2,1-5H3/t16-,19?,31?;13-,15?/m00/s1. The highest BCUT2D eigenvalue weighted by Crippen LogP contribution is 2.39. The van der Waals surface area contributed by atoms with E-state index in [1.54, 1.807) is 12.4 Å². The SMILES string of the molecule is CC(C)(C)OC(=O)N1C[C@@H](CCC(N)c2ccc(Cl)cn2)CC1(C)C.CC(C)(C)OC(=O)N1C[C@@H](CCC(NS(=O)C(C)(C)C)c2ccc(Cl)cn2)CC1(C)C. The van der Waals surface area contributed by atoms with Gasteiger partial charge in [0.1, 0.15) is 11.2 Å². The lowest BCUT2D eigenvalue weighted by atomic mass is 9.91. The third kappa shape index (κ3) is 15.0. The van der Waals surface area contributed by atoms with Gasteiger partial charge in [-0.15, -0.1) is 0 Å². The second kappa shape index (κ2) is 19.0. The van der Waals surface area contributed by atoms with Crippen molar-refractivity contribution in [2.24, 2.45) is 17.6 Å². The molecule has 4 heterocycles. The third-order valence-corrected chi connectivity index (χ3v) is 12.0. The Morgan fingerprint density at radius 1 is 0.786 bits per heavy atom. The molecule has 0 bridgehead atoms. The predicted octanol–water partition coefficient (Wildman–Crippen LogP) is 10.2. The zero-order valence-electron chi connectivity index (χ0n) is 36.0. The number of rotatable bonds is 10. The quantitative estimate of drug-likeness (QED) is 0.241. The summed E-state index contributed by atoms with van der Waals surface area (Å²) in [5.74, 6) is 0.753. The fourth-order valence-corrected chi connectivity index (χ4v) is 8.25. The summed E-state index contributed by atoms with van der Waals surface area (Å²) >= 11 is 11.9. The van der Waals surface area contributed by atoms with Gasteiger partial charge in [-0.25, -0.2) is 18.5 Å². The Hall–Kier alpha value is -2.51. The first-order valence-electron chi connectivity index (χ1n) is 19.7. The summed E-state index contributed by atoms with van der Waals surface area (Å²) in [5, 5.41) is 1.19. The van der Waals surface area contributed by atoms with Crippen LogP contribution in [-0.4, -0.2) is 76.3 Å². The lowest BCUT2D eigenvalue weighted by molar-refractivity contribution is 0.0118. The van der Waals surface area contributed by atoms with Gasteiger partial charge in [0.05, 0.1) is 43.2 Å². The van der Waals surface area contributed by atoms with E-state index in [1.807, 2.05) is 96.4 Å². The maximum atomic E-state index is 12.8. The van der Waals surface area contributed by atoms with E-state index in [9.17, 15) is 13.8 Å². The number of nitrogens with zero attached hydrogens (tertiary/aromatic N) is 4. The minimum atomic E-state index is -1.22. The van der Waals surface area contributed by atoms with E-state index >= 15 is 0 Å². The molecule has 2 aliphatic heterocycles. The number of aromatic nitrogens is 2. The largest absolute Gasteiger partial charge is 0.444 e. The predicted molar refractivity (Wildman–Crippen MR) is 228 cm³/mol. The fraction of sp³-hybridized carbons (Fsp3) is 0.714. The second-order valence-electron chi connectivity index (χ2n) is 19.6. The van der Waals surface area contributed by atoms with Gasteiger partial charge in [-0.1, -0.05) is 23.2 Å². The van der Waals surface area contributed by atoms with Gasteiger partial charge in [-0.3, -0.25) is 9.97 Å². The fourth-order valence-electron chi connectivity index (χ4n) is 7.18. The van der Waals surface area contributed by atoms with Gasteiger partial charge in [-0.05, 0) is 165 Å². The van der Waals surface area contributed by atoms with Gasteiger partial charge in [0.2, 0.25) is 0 Å². The van der Waals surface area contributed by atoms with Gasteiger partial charge >= 0.3 is 12.2 Å². The number of hydrogen-bond donors (Lipinski definition) is 2. The first-order valence-corrected chi connectivity index (χ1v) is 21.6. The molecular weight excluding hydrogens is 771 g/mol. The van der Waals surface area contributed by atoms with Gasteiger partial charge in [0.15, 0.2) is 0 Å². The second-order valence-corrected chi connectivity index (χ2v) is 22.4. The molecule has 14 heteroatoms. The minimum Gasteiger partial charge on any atom is -0.444 e. The Kier molecular flexibility index (Phi) is 16.3. The van der Waals surface area contributed by atoms with E-state index in [-0.39, 0.29) is 40.1 Å². The Morgan fingerprint density at radius 2 is 1.20 bits per heavy atom. The lowest BCUT2D eigenvalue weighted by Crippen LogP contribution is -2.45. The van der Waals surface area contributed by atoms with Crippen molar-refractivity contribution in [1.82, 2.24) is 24.5 Å². The molecule has 0 spiro atoms. The average Bonchev–Trinajstić information content (AvgIpc) is 3.54. The maximum Gasteiger partial charge on any atom is 0.410 e. The van der Waals surface area contributed by atoms with Crippen LogP contribution in [-0.2, 0) is 20.5 Å². The number of carbonyl (C=O) groups excluding carboxylic acids is 2. The highest BCUT2D eigenvalue weighted by molar-refractivity contribution is 7.84. The first kappa shape index (κ1) is 47.9. The smallest absolute Gasteiger partial charge is 0.410 e. The van der Waals surface area contributed by atoms with E-state index < -0.39 is 22.2 Å². The van der Waals surface area contributed by atoms with Gasteiger partial charge in [0.25, 0.3) is 0 Å². The molecule has 4 rings (SSSR count). The molecule has 2 aromatic rings. The van der Waals surface area contributed by atoms with Crippen LogP contribution in [0.4, 0.5) is 9.59 Å². The van der Waals surface area contributed by atoms with Crippen LogP contribution in [0.25, 0.3) is 0 Å². The van der Waals surface area contributed by atoms with Gasteiger partial charge in [0, 0.05) is 42.6 Å². The van der Waals surface area contributed by atoms with Crippen molar-refractivity contribution in [2.75, 3.05) is 13.1 Å². The maximum absolute atomic E-state index is 12.8. The molecule has 0 aromatic carbocycles. The summed E-state index contributed by atoms with van der Waals surface area (Å²) in [6, 6.07) is 7.10. The lowest BCUT2D eigenvalue weighted by Gasteiger charge is -2.33. The first-order chi connectivity index (χ1) is 25.6. The summed E-state index contributed by atoms with van der Waals surface area (Å²) in [7, 11) is -1.22. The van der Waals surface area contributed by atoms with Crippen molar-refractivity contribution < 1.29 is 23.3 Å². The molecule has 5 atom stereocenters. The molecular formula is C42H68Cl2N6O5S. The van der Waals surface area contributed by atoms with E-state index in [0.717, 1.165) is 49.9 Å². The van der Waals surface area contributed by atoms with Crippen LogP contribution in [0, 0.1) is 11.8 Å². The van der Waals surface area contributed by atoms with E-state index in [4.69, 9.17) is 38.4 Å². The number of likely N-dealkylation sites (tertiary alicyclic amines) is 2. The van der Waals surface area contributed by atoms with Crippen molar-refractivity contribution in [3.8, 4) is 0 Å². The van der Waals surface area contributed by atoms with Gasteiger partial charge < -0.3 is 25.0 Å². The molecule has 2 aromatic heterocycles. The molecule has 316 valence electrons. The number of hydrogen-bond acceptors (Lipinski definition) is 8. The Labute approximate surface area is 349 Å². The number of pyridine rings is 2. The van der Waals surface area contributed by atoms with E-state index in [1.165, 1.54) is 0 Å². The van der Waals surface area contributed by atoms with Crippen LogP contribution in [0.1, 0.15) is 152 Å². The normalized spacial score (nSPS) is 21.1. The minimum absolute atomic E-state index is 0.115. The molecule has 0 radical (unpaired) electrons. The Morgan fingerprint density at radius 3 is 1.57 bits per heavy atom. The molecule has 2 fully saturated rings. The summed E-state index contributed by atoms with van der Waals surface area (Å²) in [5.41, 5.74) is 6.48. The molecule has 3 unspecified atom stereocenters. The summed E-state index contributed by atoms with van der Waals surface area (Å²) in [6.45, 7) is 26.9. The van der Waals surface area contributed by atoms with Gasteiger partial charge in [-0.2, -0.15) is 0 Å². The van der Waals surface area contributed by atoms with Crippen molar-refractivity contribution in [3.05, 3.63) is 58.1 Å². The zero-order valence-corrected chi connectivity index (χ0v) is 38.3. The molecule has 2 aliphatic rings. The van der Waals surface area contributed by atoms with Crippen LogP contribution in [0.2, 0.25) is 10.0 Å². The van der Waals surface area contributed by atoms with Crippen molar-refractivity contribution in [1.29, 1.82) is 0 Å². The number of carbonyl (C=O) groups is 2. The summed E-state index contributed by atoms with van der Waals surface area (Å²) in [4.78, 5) is 37.6. The van der Waals surface area contributed by atoms with Crippen molar-refractivity contribution >= 4 is 46.4 Å². The van der Waals surface area contributed by atoms with Crippen LogP contribution in [0.15, 0.2) is 36.7 Å². The number of ether oxygens (including phenoxy) is 2. The number of nitrogens with one attached hydrogen (secondary N) is 1. The third-order valence-electron chi connectivity index (χ3n) is 9.94. The van der Waals surface area contributed by atoms with E-state index in [0.29, 0.717) is 35.0 Å². The molecule has 0 aliphatic carbocycles. The topological polar surface area (TPSA) is 140 Å². The number of amides is 2. The molecule has 11 nitrogen and oxygen atoms in total. The highest BCUT2D eigenvalue weighted by Gasteiger charge is 2.44. The summed E-state index contributed by atoms with van der Waals surface area (Å²) in [6.07, 6.45) is 8.03. The Bertz CT molecular complexity index is 1620. The van der Waals surface area contributed by atoms with Crippen LogP contribution in [0.3, 0.4) is 0 Å². The molecule has 0 saturated carbocycles. The van der Waals surface area contributed by atoms with E-state index in [2.05, 4.69) is 42.4 Å². The molecule has 2 saturated heterocycles.